The van der Waals surface area contributed by atoms with Crippen LogP contribution in [0, 0.1) is 5.41 Å². The first-order valence-corrected chi connectivity index (χ1v) is 6.94. The second-order valence-electron chi connectivity index (χ2n) is 7.37. The average Bonchev–Trinajstić information content (AvgIpc) is 3.00. The molecular weight excluding hydrogens is 196 g/mol. The lowest BCUT2D eigenvalue weighted by Crippen LogP contribution is -2.45. The van der Waals surface area contributed by atoms with E-state index < -0.39 is 0 Å². The van der Waals surface area contributed by atoms with Gasteiger partial charge in [0.15, 0.2) is 0 Å². The van der Waals surface area contributed by atoms with E-state index in [0.29, 0.717) is 11.0 Å². The highest BCUT2D eigenvalue weighted by Gasteiger charge is 2.64. The number of likely N-dealkylation sites (tertiary alicyclic amines) is 1. The molecule has 16 heavy (non-hydrogen) atoms. The molecular formula is C14H26N2. The Labute approximate surface area is 99.8 Å². The molecule has 0 aromatic heterocycles. The Bertz CT molecular complexity index is 290. The predicted molar refractivity (Wildman–Crippen MR) is 67.5 cm³/mol. The Morgan fingerprint density at radius 3 is 2.44 bits per heavy atom. The Hall–Kier alpha value is -0.0800. The minimum absolute atomic E-state index is 0.349. The highest BCUT2D eigenvalue weighted by atomic mass is 15.3. The molecule has 0 spiro atoms. The van der Waals surface area contributed by atoms with Gasteiger partial charge in [-0.3, -0.25) is 4.90 Å². The summed E-state index contributed by atoms with van der Waals surface area (Å²) in [5.41, 5.74) is 0.997. The lowest BCUT2D eigenvalue weighted by molar-refractivity contribution is 0.104. The first-order chi connectivity index (χ1) is 7.42. The van der Waals surface area contributed by atoms with Crippen LogP contribution in [-0.4, -0.2) is 35.1 Å². The molecule has 0 amide bonds. The van der Waals surface area contributed by atoms with Crippen molar-refractivity contribution in [2.75, 3.05) is 6.54 Å². The van der Waals surface area contributed by atoms with Crippen LogP contribution in [0.4, 0.5) is 0 Å². The van der Waals surface area contributed by atoms with Crippen molar-refractivity contribution in [2.45, 2.75) is 77.0 Å². The SMILES string of the molecule is C[C@@H]1C[C@@]2(CNC3CC3)C[C@H]2N1C(C)(C)C. The van der Waals surface area contributed by atoms with Crippen molar-refractivity contribution in [1.82, 2.24) is 10.2 Å². The molecule has 2 aliphatic carbocycles. The van der Waals surface area contributed by atoms with Crippen molar-refractivity contribution in [2.24, 2.45) is 5.41 Å². The summed E-state index contributed by atoms with van der Waals surface area (Å²) in [6.45, 7) is 10.8. The smallest absolute Gasteiger partial charge is 0.0179 e. The van der Waals surface area contributed by atoms with Gasteiger partial charge in [-0.1, -0.05) is 0 Å². The van der Waals surface area contributed by atoms with Crippen LogP contribution in [0.2, 0.25) is 0 Å². The maximum Gasteiger partial charge on any atom is 0.0179 e. The van der Waals surface area contributed by atoms with Gasteiger partial charge >= 0.3 is 0 Å². The van der Waals surface area contributed by atoms with E-state index in [1.807, 2.05) is 0 Å². The third-order valence-electron chi connectivity index (χ3n) is 4.75. The Morgan fingerprint density at radius 1 is 1.25 bits per heavy atom. The van der Waals surface area contributed by atoms with E-state index in [-0.39, 0.29) is 0 Å². The Kier molecular flexibility index (Phi) is 2.23. The van der Waals surface area contributed by atoms with E-state index in [0.717, 1.165) is 18.1 Å². The molecule has 3 fully saturated rings. The van der Waals surface area contributed by atoms with Gasteiger partial charge in [-0.15, -0.1) is 0 Å². The summed E-state index contributed by atoms with van der Waals surface area (Å²) in [5.74, 6) is 0. The second-order valence-corrected chi connectivity index (χ2v) is 7.37. The van der Waals surface area contributed by atoms with Gasteiger partial charge in [0.1, 0.15) is 0 Å². The molecule has 3 atom stereocenters. The van der Waals surface area contributed by atoms with Gasteiger partial charge in [-0.25, -0.2) is 0 Å². The highest BCUT2D eigenvalue weighted by Crippen LogP contribution is 2.61. The van der Waals surface area contributed by atoms with Crippen LogP contribution in [0.5, 0.6) is 0 Å². The number of nitrogens with one attached hydrogen (secondary N) is 1. The lowest BCUT2D eigenvalue weighted by Gasteiger charge is -2.37. The van der Waals surface area contributed by atoms with Crippen molar-refractivity contribution in [3.05, 3.63) is 0 Å². The molecule has 0 aromatic carbocycles. The molecule has 0 aromatic rings. The summed E-state index contributed by atoms with van der Waals surface area (Å²) in [6, 6.07) is 2.52. The minimum Gasteiger partial charge on any atom is -0.313 e. The molecule has 2 nitrogen and oxygen atoms in total. The monoisotopic (exact) mass is 222 g/mol. The zero-order valence-electron chi connectivity index (χ0n) is 11.2. The maximum absolute atomic E-state index is 3.75. The third-order valence-corrected chi connectivity index (χ3v) is 4.75. The zero-order valence-corrected chi connectivity index (χ0v) is 11.2. The second kappa shape index (κ2) is 3.23. The minimum atomic E-state index is 0.349. The van der Waals surface area contributed by atoms with Crippen molar-refractivity contribution in [3.63, 3.8) is 0 Å². The topological polar surface area (TPSA) is 15.3 Å². The van der Waals surface area contributed by atoms with Crippen LogP contribution >= 0.6 is 0 Å². The van der Waals surface area contributed by atoms with Crippen LogP contribution in [0.25, 0.3) is 0 Å². The van der Waals surface area contributed by atoms with Crippen molar-refractivity contribution in [3.8, 4) is 0 Å². The van der Waals surface area contributed by atoms with Crippen molar-refractivity contribution < 1.29 is 0 Å². The lowest BCUT2D eigenvalue weighted by atomic mass is 9.99. The number of rotatable bonds is 3. The standard InChI is InChI=1S/C14H26N2/c1-10-7-14(9-15-11-5-6-11)8-12(14)16(10)13(2,3)4/h10-12,15H,5-9H2,1-4H3/t10-,12-,14+/m1/s1. The number of hydrogen-bond acceptors (Lipinski definition) is 2. The quantitative estimate of drug-likeness (QED) is 0.789. The van der Waals surface area contributed by atoms with E-state index >= 15 is 0 Å². The number of fused-ring (bicyclic) bond motifs is 1. The van der Waals surface area contributed by atoms with Crippen molar-refractivity contribution in [1.29, 1.82) is 0 Å². The van der Waals surface area contributed by atoms with Crippen LogP contribution in [0.1, 0.15) is 53.4 Å². The van der Waals surface area contributed by atoms with E-state index in [4.69, 9.17) is 0 Å². The van der Waals surface area contributed by atoms with Gasteiger partial charge < -0.3 is 5.32 Å². The van der Waals surface area contributed by atoms with Crippen LogP contribution in [0.3, 0.4) is 0 Å². The fourth-order valence-electron chi connectivity index (χ4n) is 3.96. The molecule has 1 aliphatic heterocycles. The maximum atomic E-state index is 3.75. The largest absolute Gasteiger partial charge is 0.313 e. The molecule has 2 heteroatoms. The summed E-state index contributed by atoms with van der Waals surface area (Å²) in [6.07, 6.45) is 5.68. The summed E-state index contributed by atoms with van der Waals surface area (Å²) < 4.78 is 0. The summed E-state index contributed by atoms with van der Waals surface area (Å²) in [5, 5.41) is 3.75. The molecule has 0 radical (unpaired) electrons. The molecule has 2 saturated carbocycles. The normalized spacial score (nSPS) is 43.5. The molecule has 1 heterocycles. The molecule has 3 aliphatic rings. The molecule has 0 bridgehead atoms. The van der Waals surface area contributed by atoms with Crippen LogP contribution in [-0.2, 0) is 0 Å². The van der Waals surface area contributed by atoms with Gasteiger partial charge in [-0.05, 0) is 53.4 Å². The fourth-order valence-corrected chi connectivity index (χ4v) is 3.96. The van der Waals surface area contributed by atoms with Crippen LogP contribution < -0.4 is 5.32 Å². The molecule has 92 valence electrons. The highest BCUT2D eigenvalue weighted by molar-refractivity contribution is 5.19. The third kappa shape index (κ3) is 1.70. The van der Waals surface area contributed by atoms with Gasteiger partial charge in [0.05, 0.1) is 0 Å². The number of nitrogens with zero attached hydrogens (tertiary/aromatic N) is 1. The van der Waals surface area contributed by atoms with Gasteiger partial charge in [0.2, 0.25) is 0 Å². The van der Waals surface area contributed by atoms with Gasteiger partial charge in [0, 0.05) is 35.6 Å². The van der Waals surface area contributed by atoms with Crippen molar-refractivity contribution >= 4 is 0 Å². The molecule has 3 rings (SSSR count). The first-order valence-electron chi connectivity index (χ1n) is 6.94. The Morgan fingerprint density at radius 2 is 1.94 bits per heavy atom. The predicted octanol–water partition coefficient (Wildman–Crippen LogP) is 2.39. The number of piperidine rings is 1. The molecule has 0 unspecified atom stereocenters. The van der Waals surface area contributed by atoms with E-state index in [9.17, 15) is 0 Å². The van der Waals surface area contributed by atoms with E-state index in [1.54, 1.807) is 0 Å². The van der Waals surface area contributed by atoms with Gasteiger partial charge in [0.25, 0.3) is 0 Å². The molecule has 1 saturated heterocycles. The average molecular weight is 222 g/mol. The van der Waals surface area contributed by atoms with E-state index in [1.165, 1.54) is 32.2 Å². The first kappa shape index (κ1) is 11.0. The Balaban J connectivity index is 1.65. The summed E-state index contributed by atoms with van der Waals surface area (Å²) in [4.78, 5) is 2.77. The molecule has 1 N–H and O–H groups in total. The van der Waals surface area contributed by atoms with E-state index in [2.05, 4.69) is 37.9 Å². The van der Waals surface area contributed by atoms with Gasteiger partial charge in [-0.2, -0.15) is 0 Å². The number of hydrogen-bond donors (Lipinski definition) is 1. The zero-order chi connectivity index (χ0) is 11.6. The fraction of sp³-hybridized carbons (Fsp3) is 1.00. The van der Waals surface area contributed by atoms with Crippen LogP contribution in [0.15, 0.2) is 0 Å². The summed E-state index contributed by atoms with van der Waals surface area (Å²) >= 11 is 0. The summed E-state index contributed by atoms with van der Waals surface area (Å²) in [7, 11) is 0.